The summed E-state index contributed by atoms with van der Waals surface area (Å²) in [6.45, 7) is 1.82. The van der Waals surface area contributed by atoms with Gasteiger partial charge < -0.3 is 9.73 Å². The quantitative estimate of drug-likeness (QED) is 0.610. The van der Waals surface area contributed by atoms with Crippen LogP contribution in [-0.2, 0) is 6.42 Å². The number of fused-ring (bicyclic) bond motifs is 1. The Morgan fingerprint density at radius 1 is 1.13 bits per heavy atom. The topological polar surface area (TPSA) is 96.6 Å². The van der Waals surface area contributed by atoms with Gasteiger partial charge in [0.1, 0.15) is 11.5 Å². The van der Waals surface area contributed by atoms with Crippen LogP contribution in [0.1, 0.15) is 50.8 Å². The van der Waals surface area contributed by atoms with Crippen molar-refractivity contribution in [3.8, 4) is 0 Å². The van der Waals surface area contributed by atoms with E-state index < -0.39 is 5.91 Å². The first kappa shape index (κ1) is 19.8. The number of aromatic nitrogens is 1. The fourth-order valence-electron chi connectivity index (χ4n) is 3.42. The van der Waals surface area contributed by atoms with Crippen molar-refractivity contribution in [1.82, 2.24) is 10.4 Å². The van der Waals surface area contributed by atoms with Gasteiger partial charge >= 0.3 is 0 Å². The van der Waals surface area contributed by atoms with Crippen LogP contribution in [0.15, 0.2) is 58.2 Å². The molecule has 3 aromatic rings. The van der Waals surface area contributed by atoms with Gasteiger partial charge in [-0.05, 0) is 50.1 Å². The highest BCUT2D eigenvalue weighted by Gasteiger charge is 2.28. The van der Waals surface area contributed by atoms with E-state index in [4.69, 9.17) is 16.0 Å². The molecule has 0 atom stereocenters. The Balaban J connectivity index is 1.57. The second-order valence-corrected chi connectivity index (χ2v) is 7.32. The van der Waals surface area contributed by atoms with Crippen molar-refractivity contribution in [3.05, 3.63) is 82.0 Å². The van der Waals surface area contributed by atoms with Crippen LogP contribution in [-0.4, -0.2) is 22.5 Å². The summed E-state index contributed by atoms with van der Waals surface area (Å²) in [5, 5.41) is 7.63. The largest absolute Gasteiger partial charge is 0.455 e. The van der Waals surface area contributed by atoms with Gasteiger partial charge in [-0.3, -0.25) is 14.6 Å². The number of hydrazone groups is 1. The number of carbonyl (C=O) groups excluding carboxylic acids is 2. The maximum atomic E-state index is 12.8. The lowest BCUT2D eigenvalue weighted by Crippen LogP contribution is -2.22. The van der Waals surface area contributed by atoms with Gasteiger partial charge in [-0.25, -0.2) is 5.43 Å². The number of nitrogens with zero attached hydrogens (tertiary/aromatic N) is 2. The van der Waals surface area contributed by atoms with Crippen LogP contribution >= 0.6 is 11.6 Å². The van der Waals surface area contributed by atoms with E-state index in [1.54, 1.807) is 48.7 Å². The number of amides is 2. The Morgan fingerprint density at radius 3 is 2.77 bits per heavy atom. The van der Waals surface area contributed by atoms with E-state index >= 15 is 0 Å². The first-order valence-corrected chi connectivity index (χ1v) is 9.88. The van der Waals surface area contributed by atoms with E-state index in [2.05, 4.69) is 20.8 Å². The van der Waals surface area contributed by atoms with Gasteiger partial charge in [-0.15, -0.1) is 0 Å². The number of furan rings is 1. The molecule has 0 radical (unpaired) electrons. The average Bonchev–Trinajstić information content (AvgIpc) is 3.10. The molecule has 0 unspecified atom stereocenters. The van der Waals surface area contributed by atoms with Crippen LogP contribution in [0.5, 0.6) is 0 Å². The number of rotatable bonds is 4. The molecule has 0 spiro atoms. The molecular formula is C22H19ClN4O3. The molecule has 2 aromatic heterocycles. The van der Waals surface area contributed by atoms with Crippen molar-refractivity contribution >= 4 is 34.8 Å². The van der Waals surface area contributed by atoms with Gasteiger partial charge in [-0.1, -0.05) is 23.7 Å². The van der Waals surface area contributed by atoms with Gasteiger partial charge in [-0.2, -0.15) is 5.10 Å². The maximum absolute atomic E-state index is 12.8. The molecule has 30 heavy (non-hydrogen) atoms. The second kappa shape index (κ2) is 8.51. The van der Waals surface area contributed by atoms with Crippen LogP contribution in [0.3, 0.4) is 0 Å². The van der Waals surface area contributed by atoms with Crippen LogP contribution in [0.25, 0.3) is 0 Å². The minimum absolute atomic E-state index is 0.227. The van der Waals surface area contributed by atoms with Crippen LogP contribution in [0.4, 0.5) is 5.69 Å². The molecule has 0 saturated heterocycles. The Kier molecular flexibility index (Phi) is 5.63. The molecule has 0 aliphatic heterocycles. The average molecular weight is 423 g/mol. The van der Waals surface area contributed by atoms with Crippen molar-refractivity contribution in [3.63, 3.8) is 0 Å². The molecule has 0 bridgehead atoms. The van der Waals surface area contributed by atoms with Gasteiger partial charge in [0.05, 0.1) is 5.71 Å². The lowest BCUT2D eigenvalue weighted by molar-refractivity contribution is 0.0948. The van der Waals surface area contributed by atoms with E-state index in [1.807, 2.05) is 6.92 Å². The first-order valence-electron chi connectivity index (χ1n) is 9.50. The van der Waals surface area contributed by atoms with Crippen molar-refractivity contribution in [1.29, 1.82) is 0 Å². The first-order chi connectivity index (χ1) is 14.5. The molecular weight excluding hydrogens is 404 g/mol. The summed E-state index contributed by atoms with van der Waals surface area (Å²) in [7, 11) is 0. The highest BCUT2D eigenvalue weighted by molar-refractivity contribution is 6.31. The molecule has 2 N–H and O–H groups in total. The fraction of sp³-hybridized carbons (Fsp3) is 0.182. The van der Waals surface area contributed by atoms with Gasteiger partial charge in [0, 0.05) is 34.5 Å². The fourth-order valence-corrected chi connectivity index (χ4v) is 3.61. The summed E-state index contributed by atoms with van der Waals surface area (Å²) in [6, 6.07) is 12.0. The summed E-state index contributed by atoms with van der Waals surface area (Å²) in [6.07, 6.45) is 3.73. The molecule has 1 aliphatic carbocycles. The van der Waals surface area contributed by atoms with Crippen LogP contribution in [0.2, 0.25) is 5.02 Å². The number of halogens is 1. The standard InChI is InChI=1S/C22H19ClN4O3/c1-13-19-16(26-27-21(28)17-8-2-3-11-24-17)9-5-10-18(19)30-20(13)22(29)25-15-7-4-6-14(23)12-15/h2-4,6-8,11-12H,5,9-10H2,1H3,(H,25,29)(H,27,28)/b26-16+. The molecule has 152 valence electrons. The number of hydrogen-bond acceptors (Lipinski definition) is 5. The highest BCUT2D eigenvalue weighted by Crippen LogP contribution is 2.30. The third-order valence-corrected chi connectivity index (χ3v) is 5.04. The van der Waals surface area contributed by atoms with E-state index in [1.165, 1.54) is 0 Å². The SMILES string of the molecule is Cc1c(C(=O)Nc2cccc(Cl)c2)oc2c1/C(=N/NC(=O)c1ccccn1)CCC2. The summed E-state index contributed by atoms with van der Waals surface area (Å²) in [5.74, 6) is 0.169. The van der Waals surface area contributed by atoms with Gasteiger partial charge in [0.2, 0.25) is 0 Å². The third kappa shape index (κ3) is 4.11. The number of pyridine rings is 1. The summed E-state index contributed by atoms with van der Waals surface area (Å²) in [4.78, 5) is 29.0. The molecule has 2 amide bonds. The van der Waals surface area contributed by atoms with Crippen molar-refractivity contribution in [2.75, 3.05) is 5.32 Å². The number of benzene rings is 1. The lowest BCUT2D eigenvalue weighted by Gasteiger charge is -2.13. The molecule has 7 nitrogen and oxygen atoms in total. The van der Waals surface area contributed by atoms with E-state index in [0.29, 0.717) is 40.6 Å². The monoisotopic (exact) mass is 422 g/mol. The number of hydrogen-bond donors (Lipinski definition) is 2. The zero-order chi connectivity index (χ0) is 21.1. The minimum atomic E-state index is -0.393. The smallest absolute Gasteiger partial charge is 0.291 e. The molecule has 0 fully saturated rings. The van der Waals surface area contributed by atoms with E-state index in [9.17, 15) is 9.59 Å². The third-order valence-electron chi connectivity index (χ3n) is 4.80. The molecule has 2 heterocycles. The number of aryl methyl sites for hydroxylation is 1. The maximum Gasteiger partial charge on any atom is 0.291 e. The Hall–Kier alpha value is -3.45. The molecule has 1 aromatic carbocycles. The summed E-state index contributed by atoms with van der Waals surface area (Å²) in [5.41, 5.74) is 5.56. The van der Waals surface area contributed by atoms with Crippen molar-refractivity contribution in [2.24, 2.45) is 5.10 Å². The molecule has 8 heteroatoms. The lowest BCUT2D eigenvalue weighted by atomic mass is 9.93. The van der Waals surface area contributed by atoms with E-state index in [-0.39, 0.29) is 17.4 Å². The predicted octanol–water partition coefficient (Wildman–Crippen LogP) is 4.36. The Bertz CT molecular complexity index is 1140. The summed E-state index contributed by atoms with van der Waals surface area (Å²) < 4.78 is 5.87. The van der Waals surface area contributed by atoms with Crippen molar-refractivity contribution < 1.29 is 14.0 Å². The second-order valence-electron chi connectivity index (χ2n) is 6.89. The van der Waals surface area contributed by atoms with Crippen LogP contribution < -0.4 is 10.7 Å². The zero-order valence-electron chi connectivity index (χ0n) is 16.2. The van der Waals surface area contributed by atoms with Crippen LogP contribution in [0, 0.1) is 6.92 Å². The molecule has 4 rings (SSSR count). The molecule has 1 aliphatic rings. The highest BCUT2D eigenvalue weighted by atomic mass is 35.5. The minimum Gasteiger partial charge on any atom is -0.455 e. The zero-order valence-corrected chi connectivity index (χ0v) is 17.0. The van der Waals surface area contributed by atoms with Gasteiger partial charge in [0.15, 0.2) is 5.76 Å². The summed E-state index contributed by atoms with van der Waals surface area (Å²) >= 11 is 5.98. The number of anilines is 1. The predicted molar refractivity (Wildman–Crippen MR) is 114 cm³/mol. The Labute approximate surface area is 178 Å². The van der Waals surface area contributed by atoms with E-state index in [0.717, 1.165) is 12.0 Å². The Morgan fingerprint density at radius 2 is 2.00 bits per heavy atom. The molecule has 0 saturated carbocycles. The normalized spacial score (nSPS) is 14.3. The van der Waals surface area contributed by atoms with Crippen molar-refractivity contribution in [2.45, 2.75) is 26.2 Å². The number of nitrogens with one attached hydrogen (secondary N) is 2. The van der Waals surface area contributed by atoms with Gasteiger partial charge in [0.25, 0.3) is 11.8 Å². The number of carbonyl (C=O) groups is 2.